The molecule has 1 rings (SSSR count). The molecule has 0 bridgehead atoms. The Balaban J connectivity index is 2.56. The minimum Gasteiger partial charge on any atom is -0.493 e. The van der Waals surface area contributed by atoms with Crippen molar-refractivity contribution in [3.63, 3.8) is 0 Å². The molecule has 0 fully saturated rings. The number of unbranched alkanes of at least 4 members (excludes halogenated alkanes) is 1. The molecular weight excluding hydrogens is 207 g/mol. The van der Waals surface area contributed by atoms with Gasteiger partial charge in [0.25, 0.3) is 0 Å². The Morgan fingerprint density at radius 1 is 1.15 bits per heavy atom. The normalized spacial score (nSPS) is 10.1. The third kappa shape index (κ3) is 3.88. The first-order chi connectivity index (χ1) is 6.22. The molecule has 0 aliphatic rings. The number of rotatable bonds is 4. The minimum absolute atomic E-state index is 0.610. The first-order valence-corrected chi connectivity index (χ1v) is 5.07. The monoisotopic (exact) mass is 218 g/mol. The van der Waals surface area contributed by atoms with Gasteiger partial charge in [-0.2, -0.15) is 0 Å². The fourth-order valence-electron chi connectivity index (χ4n) is 0.946. The second-order valence-corrected chi connectivity index (χ2v) is 3.68. The van der Waals surface area contributed by atoms with Gasteiger partial charge in [-0.3, -0.25) is 0 Å². The van der Waals surface area contributed by atoms with E-state index in [1.165, 1.54) is 0 Å². The number of halogens is 2. The Bertz CT molecular complexity index is 253. The van der Waals surface area contributed by atoms with Gasteiger partial charge in [0, 0.05) is 10.0 Å². The summed E-state index contributed by atoms with van der Waals surface area (Å²) >= 11 is 11.6. The van der Waals surface area contributed by atoms with E-state index in [1.807, 2.05) is 0 Å². The molecule has 1 aromatic carbocycles. The third-order valence-electron chi connectivity index (χ3n) is 1.60. The molecule has 0 saturated carbocycles. The summed E-state index contributed by atoms with van der Waals surface area (Å²) in [5, 5.41) is 1.22. The first-order valence-electron chi connectivity index (χ1n) is 4.31. The highest BCUT2D eigenvalue weighted by Gasteiger charge is 1.98. The highest BCUT2D eigenvalue weighted by molar-refractivity contribution is 6.34. The van der Waals surface area contributed by atoms with Gasteiger partial charge in [-0.15, -0.1) is 0 Å². The predicted molar refractivity (Wildman–Crippen MR) is 56.9 cm³/mol. The second-order valence-electron chi connectivity index (χ2n) is 2.81. The molecule has 0 atom stereocenters. The van der Waals surface area contributed by atoms with E-state index in [0.717, 1.165) is 18.6 Å². The van der Waals surface area contributed by atoms with Gasteiger partial charge >= 0.3 is 0 Å². The first kappa shape index (κ1) is 10.7. The maximum atomic E-state index is 5.80. The molecule has 13 heavy (non-hydrogen) atoms. The van der Waals surface area contributed by atoms with Gasteiger partial charge in [0.2, 0.25) is 0 Å². The van der Waals surface area contributed by atoms with Crippen LogP contribution in [-0.4, -0.2) is 6.61 Å². The third-order valence-corrected chi connectivity index (χ3v) is 2.04. The molecule has 0 heterocycles. The Labute approximate surface area is 88.6 Å². The minimum atomic E-state index is 0.610. The fourth-order valence-corrected chi connectivity index (χ4v) is 1.45. The molecule has 0 spiro atoms. The lowest BCUT2D eigenvalue weighted by Gasteiger charge is -2.05. The summed E-state index contributed by atoms with van der Waals surface area (Å²) in [7, 11) is 0. The molecule has 1 nitrogen and oxygen atoms in total. The highest BCUT2D eigenvalue weighted by atomic mass is 35.5. The van der Waals surface area contributed by atoms with Gasteiger partial charge in [0.05, 0.1) is 6.61 Å². The molecule has 1 aromatic rings. The van der Waals surface area contributed by atoms with E-state index >= 15 is 0 Å². The molecule has 0 aliphatic heterocycles. The molecular formula is C10H12Cl2O. The van der Waals surface area contributed by atoms with Crippen LogP contribution in [0, 0.1) is 0 Å². The Morgan fingerprint density at radius 3 is 2.31 bits per heavy atom. The van der Waals surface area contributed by atoms with Crippen molar-refractivity contribution in [2.45, 2.75) is 19.8 Å². The molecule has 0 aromatic heterocycles. The molecule has 72 valence electrons. The summed E-state index contributed by atoms with van der Waals surface area (Å²) in [4.78, 5) is 0. The van der Waals surface area contributed by atoms with E-state index in [1.54, 1.807) is 18.2 Å². The largest absolute Gasteiger partial charge is 0.493 e. The summed E-state index contributed by atoms with van der Waals surface area (Å²) in [6.45, 7) is 2.83. The molecule has 0 unspecified atom stereocenters. The van der Waals surface area contributed by atoms with Gasteiger partial charge < -0.3 is 4.74 Å². The van der Waals surface area contributed by atoms with Crippen LogP contribution in [0.1, 0.15) is 19.8 Å². The molecule has 0 amide bonds. The zero-order valence-corrected chi connectivity index (χ0v) is 9.03. The maximum absolute atomic E-state index is 5.80. The fraction of sp³-hybridized carbons (Fsp3) is 0.400. The molecule has 0 N–H and O–H groups in total. The quantitative estimate of drug-likeness (QED) is 0.690. The second kappa shape index (κ2) is 5.36. The Morgan fingerprint density at radius 2 is 1.77 bits per heavy atom. The van der Waals surface area contributed by atoms with E-state index in [4.69, 9.17) is 27.9 Å². The van der Waals surface area contributed by atoms with Crippen LogP contribution in [-0.2, 0) is 0 Å². The Kier molecular flexibility index (Phi) is 4.40. The highest BCUT2D eigenvalue weighted by Crippen LogP contribution is 2.24. The lowest BCUT2D eigenvalue weighted by Crippen LogP contribution is -1.95. The summed E-state index contributed by atoms with van der Waals surface area (Å²) in [6.07, 6.45) is 2.17. The van der Waals surface area contributed by atoms with Crippen LogP contribution in [0.15, 0.2) is 18.2 Å². The zero-order valence-electron chi connectivity index (χ0n) is 7.52. The Hall–Kier alpha value is -0.400. The topological polar surface area (TPSA) is 9.23 Å². The van der Waals surface area contributed by atoms with E-state index < -0.39 is 0 Å². The zero-order chi connectivity index (χ0) is 9.68. The van der Waals surface area contributed by atoms with Gasteiger partial charge in [0.1, 0.15) is 5.75 Å². The summed E-state index contributed by atoms with van der Waals surface area (Å²) in [6, 6.07) is 5.22. The summed E-state index contributed by atoms with van der Waals surface area (Å²) in [5.74, 6) is 0.742. The van der Waals surface area contributed by atoms with Crippen LogP contribution in [0.3, 0.4) is 0 Å². The summed E-state index contributed by atoms with van der Waals surface area (Å²) < 4.78 is 5.44. The maximum Gasteiger partial charge on any atom is 0.122 e. The van der Waals surface area contributed by atoms with E-state index in [2.05, 4.69) is 6.92 Å². The van der Waals surface area contributed by atoms with Gasteiger partial charge in [-0.1, -0.05) is 36.5 Å². The number of benzene rings is 1. The predicted octanol–water partition coefficient (Wildman–Crippen LogP) is 4.17. The smallest absolute Gasteiger partial charge is 0.122 e. The van der Waals surface area contributed by atoms with E-state index in [-0.39, 0.29) is 0 Å². The lowest BCUT2D eigenvalue weighted by molar-refractivity contribution is 0.309. The summed E-state index contributed by atoms with van der Waals surface area (Å²) in [5.41, 5.74) is 0. The molecule has 0 saturated heterocycles. The lowest BCUT2D eigenvalue weighted by atomic mass is 10.3. The van der Waals surface area contributed by atoms with Gasteiger partial charge in [-0.05, 0) is 24.6 Å². The van der Waals surface area contributed by atoms with Crippen molar-refractivity contribution < 1.29 is 4.74 Å². The van der Waals surface area contributed by atoms with Crippen molar-refractivity contribution in [3.05, 3.63) is 28.2 Å². The van der Waals surface area contributed by atoms with Crippen molar-refractivity contribution in [1.82, 2.24) is 0 Å². The van der Waals surface area contributed by atoms with Crippen molar-refractivity contribution in [3.8, 4) is 5.75 Å². The number of hydrogen-bond acceptors (Lipinski definition) is 1. The molecule has 3 heteroatoms. The van der Waals surface area contributed by atoms with Crippen molar-refractivity contribution in [2.24, 2.45) is 0 Å². The number of hydrogen-bond donors (Lipinski definition) is 0. The molecule has 0 aliphatic carbocycles. The van der Waals surface area contributed by atoms with Gasteiger partial charge in [0.15, 0.2) is 0 Å². The molecule has 0 radical (unpaired) electrons. The van der Waals surface area contributed by atoms with Crippen molar-refractivity contribution >= 4 is 23.2 Å². The van der Waals surface area contributed by atoms with Crippen molar-refractivity contribution in [2.75, 3.05) is 6.61 Å². The average molecular weight is 219 g/mol. The SMILES string of the molecule is CCCCOc1cc(Cl)cc(Cl)c1. The van der Waals surface area contributed by atoms with Crippen LogP contribution in [0.25, 0.3) is 0 Å². The van der Waals surface area contributed by atoms with Crippen LogP contribution in [0.4, 0.5) is 0 Å². The van der Waals surface area contributed by atoms with Crippen LogP contribution in [0.5, 0.6) is 5.75 Å². The van der Waals surface area contributed by atoms with Crippen LogP contribution in [0.2, 0.25) is 10.0 Å². The van der Waals surface area contributed by atoms with Crippen LogP contribution >= 0.6 is 23.2 Å². The standard InChI is InChI=1S/C10H12Cl2O/c1-2-3-4-13-10-6-8(11)5-9(12)7-10/h5-7H,2-4H2,1H3. The van der Waals surface area contributed by atoms with E-state index in [9.17, 15) is 0 Å². The van der Waals surface area contributed by atoms with Crippen LogP contribution < -0.4 is 4.74 Å². The van der Waals surface area contributed by atoms with Gasteiger partial charge in [-0.25, -0.2) is 0 Å². The van der Waals surface area contributed by atoms with Crippen molar-refractivity contribution in [1.29, 1.82) is 0 Å². The number of ether oxygens (including phenoxy) is 1. The average Bonchev–Trinajstić information content (AvgIpc) is 2.03. The van der Waals surface area contributed by atoms with E-state index in [0.29, 0.717) is 16.7 Å².